The second-order valence-electron chi connectivity index (χ2n) is 9.41. The Kier molecular flexibility index (Phi) is 5.87. The highest BCUT2D eigenvalue weighted by Gasteiger charge is 2.26. The van der Waals surface area contributed by atoms with E-state index < -0.39 is 0 Å². The number of nitrogens with zero attached hydrogens (tertiary/aromatic N) is 3. The van der Waals surface area contributed by atoms with Crippen LogP contribution in [-0.4, -0.2) is 49.4 Å². The lowest BCUT2D eigenvalue weighted by atomic mass is 9.86. The average molecular weight is 438 g/mol. The van der Waals surface area contributed by atoms with Crippen molar-refractivity contribution in [3.63, 3.8) is 0 Å². The van der Waals surface area contributed by atoms with E-state index >= 15 is 0 Å². The predicted octanol–water partition coefficient (Wildman–Crippen LogP) is 3.26. The van der Waals surface area contributed by atoms with Gasteiger partial charge in [0.1, 0.15) is 11.6 Å². The van der Waals surface area contributed by atoms with Crippen molar-refractivity contribution in [3.05, 3.63) is 50.9 Å². The number of phenols is 1. The zero-order valence-electron chi connectivity index (χ0n) is 18.3. The number of aromatic hydroxyl groups is 1. The Balaban J connectivity index is 1.37. The van der Waals surface area contributed by atoms with Gasteiger partial charge in [-0.2, -0.15) is 4.68 Å². The smallest absolute Gasteiger partial charge is 0.348 e. The molecule has 3 aromatic rings. The molecule has 2 aliphatic rings. The maximum absolute atomic E-state index is 12.8. The molecule has 1 atom stereocenters. The minimum absolute atomic E-state index is 0.0163. The van der Waals surface area contributed by atoms with Crippen LogP contribution in [0.3, 0.4) is 0 Å². The molecular formula is C24H31N5O3. The Morgan fingerprint density at radius 1 is 1.03 bits per heavy atom. The van der Waals surface area contributed by atoms with E-state index in [1.165, 1.54) is 55.3 Å². The van der Waals surface area contributed by atoms with Crippen LogP contribution < -0.4 is 11.2 Å². The lowest BCUT2D eigenvalue weighted by Crippen LogP contribution is -2.36. The van der Waals surface area contributed by atoms with Crippen LogP contribution in [0.2, 0.25) is 0 Å². The van der Waals surface area contributed by atoms with Crippen LogP contribution in [0.5, 0.6) is 5.75 Å². The fourth-order valence-corrected chi connectivity index (χ4v) is 5.41. The third-order valence-electron chi connectivity index (χ3n) is 7.13. The van der Waals surface area contributed by atoms with Crippen LogP contribution in [0.1, 0.15) is 63.1 Å². The topological polar surface area (TPSA) is 107 Å². The van der Waals surface area contributed by atoms with Gasteiger partial charge in [-0.15, -0.1) is 5.10 Å². The molecule has 1 saturated heterocycles. The van der Waals surface area contributed by atoms with Crippen molar-refractivity contribution in [2.24, 2.45) is 5.92 Å². The standard InChI is InChI=1S/C24H31N5O3/c30-19-13-17-8-9-21(31)25-22(17)20(14-19)29-24(32)26-23(27-29)18-7-4-11-28(15-18)12-10-16-5-2-1-3-6-16/h8-9,13-14,16,18,30H,1-7,10-12,15H2,(H,25,31)(H,26,27,32)/t18-/m0/s1. The van der Waals surface area contributed by atoms with Crippen molar-refractivity contribution in [2.45, 2.75) is 57.3 Å². The largest absolute Gasteiger partial charge is 0.508 e. The van der Waals surface area contributed by atoms with Gasteiger partial charge in [-0.05, 0) is 50.4 Å². The second kappa shape index (κ2) is 8.94. The number of benzene rings is 1. The molecule has 1 aromatic carbocycles. The van der Waals surface area contributed by atoms with Gasteiger partial charge in [-0.25, -0.2) is 4.79 Å². The number of fused-ring (bicyclic) bond motifs is 1. The Morgan fingerprint density at radius 3 is 2.72 bits per heavy atom. The third-order valence-corrected chi connectivity index (χ3v) is 7.13. The highest BCUT2D eigenvalue weighted by Crippen LogP contribution is 2.29. The summed E-state index contributed by atoms with van der Waals surface area (Å²) < 4.78 is 1.26. The number of rotatable bonds is 5. The van der Waals surface area contributed by atoms with E-state index in [0.717, 1.165) is 38.4 Å². The first-order valence-electron chi connectivity index (χ1n) is 11.8. The van der Waals surface area contributed by atoms with Gasteiger partial charge in [-0.3, -0.25) is 9.78 Å². The zero-order chi connectivity index (χ0) is 22.1. The summed E-state index contributed by atoms with van der Waals surface area (Å²) in [6.07, 6.45) is 10.2. The summed E-state index contributed by atoms with van der Waals surface area (Å²) in [6, 6.07) is 6.04. The number of likely N-dealkylation sites (tertiary alicyclic amines) is 1. The summed E-state index contributed by atoms with van der Waals surface area (Å²) in [6.45, 7) is 3.12. The first-order valence-corrected chi connectivity index (χ1v) is 11.8. The maximum Gasteiger partial charge on any atom is 0.348 e. The molecule has 1 saturated carbocycles. The Hall–Kier alpha value is -2.87. The first kappa shape index (κ1) is 21.0. The predicted molar refractivity (Wildman–Crippen MR) is 124 cm³/mol. The molecule has 0 amide bonds. The van der Waals surface area contributed by atoms with Crippen molar-refractivity contribution in [2.75, 3.05) is 19.6 Å². The number of aromatic nitrogens is 4. The van der Waals surface area contributed by atoms with Gasteiger partial charge in [0.15, 0.2) is 0 Å². The number of nitrogens with one attached hydrogen (secondary N) is 2. The molecule has 170 valence electrons. The van der Waals surface area contributed by atoms with Crippen LogP contribution in [0.4, 0.5) is 0 Å². The van der Waals surface area contributed by atoms with Crippen molar-refractivity contribution in [1.82, 2.24) is 24.6 Å². The minimum atomic E-state index is -0.365. The average Bonchev–Trinajstić information content (AvgIpc) is 3.20. The molecule has 1 aliphatic carbocycles. The third kappa shape index (κ3) is 4.37. The second-order valence-corrected chi connectivity index (χ2v) is 9.41. The van der Waals surface area contributed by atoms with Gasteiger partial charge in [0.05, 0.1) is 11.2 Å². The number of hydrogen-bond acceptors (Lipinski definition) is 5. The highest BCUT2D eigenvalue weighted by molar-refractivity contribution is 5.87. The van der Waals surface area contributed by atoms with E-state index in [4.69, 9.17) is 0 Å². The monoisotopic (exact) mass is 437 g/mol. The molecule has 3 N–H and O–H groups in total. The van der Waals surface area contributed by atoms with Gasteiger partial charge in [0.2, 0.25) is 5.56 Å². The highest BCUT2D eigenvalue weighted by atomic mass is 16.3. The summed E-state index contributed by atoms with van der Waals surface area (Å²) in [5, 5.41) is 15.4. The van der Waals surface area contributed by atoms with Crippen LogP contribution in [0.25, 0.3) is 16.6 Å². The molecule has 8 nitrogen and oxygen atoms in total. The van der Waals surface area contributed by atoms with E-state index in [9.17, 15) is 14.7 Å². The fourth-order valence-electron chi connectivity index (χ4n) is 5.41. The van der Waals surface area contributed by atoms with Crippen molar-refractivity contribution in [3.8, 4) is 11.4 Å². The molecule has 5 rings (SSSR count). The van der Waals surface area contributed by atoms with E-state index in [1.54, 1.807) is 12.1 Å². The SMILES string of the molecule is O=c1ccc2cc(O)cc(-n3nc([C@H]4CCCN(CCC5CCCCC5)C4)[nH]c3=O)c2[nH]1. The number of H-pyrrole nitrogens is 2. The number of phenolic OH excluding ortho intramolecular Hbond substituents is 1. The minimum Gasteiger partial charge on any atom is -0.508 e. The Labute approximate surface area is 186 Å². The lowest BCUT2D eigenvalue weighted by molar-refractivity contribution is 0.182. The molecule has 0 spiro atoms. The van der Waals surface area contributed by atoms with E-state index in [2.05, 4.69) is 20.0 Å². The Bertz CT molecular complexity index is 1200. The molecule has 0 bridgehead atoms. The van der Waals surface area contributed by atoms with Crippen LogP contribution in [0, 0.1) is 5.92 Å². The Morgan fingerprint density at radius 2 is 1.88 bits per heavy atom. The quantitative estimate of drug-likeness (QED) is 0.568. The van der Waals surface area contributed by atoms with E-state index in [1.807, 2.05) is 0 Å². The summed E-state index contributed by atoms with van der Waals surface area (Å²) in [5.41, 5.74) is 0.216. The molecule has 0 radical (unpaired) electrons. The molecular weight excluding hydrogens is 406 g/mol. The summed E-state index contributed by atoms with van der Waals surface area (Å²) in [7, 11) is 0. The first-order chi connectivity index (χ1) is 15.6. The number of hydrogen-bond donors (Lipinski definition) is 3. The summed E-state index contributed by atoms with van der Waals surface area (Å²) >= 11 is 0. The molecule has 8 heteroatoms. The lowest BCUT2D eigenvalue weighted by Gasteiger charge is -2.33. The summed E-state index contributed by atoms with van der Waals surface area (Å²) in [5.74, 6) is 1.73. The molecule has 2 fully saturated rings. The van der Waals surface area contributed by atoms with Gasteiger partial charge in [0.25, 0.3) is 0 Å². The van der Waals surface area contributed by atoms with Crippen LogP contribution in [0.15, 0.2) is 33.9 Å². The van der Waals surface area contributed by atoms with E-state index in [0.29, 0.717) is 22.4 Å². The molecule has 3 heterocycles. The van der Waals surface area contributed by atoms with Gasteiger partial charge < -0.3 is 15.0 Å². The van der Waals surface area contributed by atoms with Crippen LogP contribution >= 0.6 is 0 Å². The number of pyridine rings is 1. The fraction of sp³-hybridized carbons (Fsp3) is 0.542. The molecule has 32 heavy (non-hydrogen) atoms. The maximum atomic E-state index is 12.8. The summed E-state index contributed by atoms with van der Waals surface area (Å²) in [4.78, 5) is 32.9. The van der Waals surface area contributed by atoms with E-state index in [-0.39, 0.29) is 22.9 Å². The van der Waals surface area contributed by atoms with Gasteiger partial charge in [-0.1, -0.05) is 32.1 Å². The normalized spacial score (nSPS) is 20.7. The molecule has 2 aromatic heterocycles. The van der Waals surface area contributed by atoms with Crippen molar-refractivity contribution >= 4 is 10.9 Å². The van der Waals surface area contributed by atoms with Crippen LogP contribution in [-0.2, 0) is 0 Å². The number of piperidine rings is 1. The molecule has 0 unspecified atom stereocenters. The van der Waals surface area contributed by atoms with Crippen molar-refractivity contribution in [1.29, 1.82) is 0 Å². The van der Waals surface area contributed by atoms with Crippen molar-refractivity contribution < 1.29 is 5.11 Å². The van der Waals surface area contributed by atoms with Gasteiger partial charge in [0, 0.05) is 30.0 Å². The zero-order valence-corrected chi connectivity index (χ0v) is 18.3. The van der Waals surface area contributed by atoms with Gasteiger partial charge >= 0.3 is 5.69 Å². The number of aromatic amines is 2. The molecule has 1 aliphatic heterocycles.